The quantitative estimate of drug-likeness (QED) is 0.653. The van der Waals surface area contributed by atoms with Crippen molar-refractivity contribution in [3.8, 4) is 0 Å². The normalized spacial score (nSPS) is 15.9. The van der Waals surface area contributed by atoms with Gasteiger partial charge in [0.05, 0.1) is 4.91 Å². The van der Waals surface area contributed by atoms with Gasteiger partial charge in [-0.2, -0.15) is 0 Å². The van der Waals surface area contributed by atoms with Gasteiger partial charge in [-0.15, -0.1) is 0 Å². The highest BCUT2D eigenvalue weighted by molar-refractivity contribution is 8.04. The van der Waals surface area contributed by atoms with Gasteiger partial charge in [0, 0.05) is 32.6 Å². The molecule has 0 saturated carbocycles. The van der Waals surface area contributed by atoms with Gasteiger partial charge < -0.3 is 4.98 Å². The molecule has 2 aromatic carbocycles. The number of Topliss-reactive ketones (excluding diaryl/α,β-unsaturated/α-hetero) is 1. The predicted molar refractivity (Wildman–Crippen MR) is 87.6 cm³/mol. The Morgan fingerprint density at radius 2 is 1.81 bits per heavy atom. The molecule has 0 aliphatic carbocycles. The van der Waals surface area contributed by atoms with E-state index in [2.05, 4.69) is 17.1 Å². The molecule has 2 heterocycles. The van der Waals surface area contributed by atoms with Crippen LogP contribution in [-0.2, 0) is 0 Å². The lowest BCUT2D eigenvalue weighted by atomic mass is 10.1. The second-order valence-corrected chi connectivity index (χ2v) is 6.23. The van der Waals surface area contributed by atoms with E-state index < -0.39 is 0 Å². The number of fused-ring (bicyclic) bond motifs is 2. The highest BCUT2D eigenvalue weighted by Crippen LogP contribution is 2.41. The number of aryl methyl sites for hydroxylation is 1. The summed E-state index contributed by atoms with van der Waals surface area (Å²) in [5.74, 6) is 0.125. The van der Waals surface area contributed by atoms with Gasteiger partial charge in [-0.25, -0.2) is 0 Å². The molecule has 1 N–H and O–H groups in total. The average Bonchev–Trinajstić information content (AvgIpc) is 2.99. The van der Waals surface area contributed by atoms with Crippen LogP contribution in [0.25, 0.3) is 17.0 Å². The fraction of sp³-hybridized carbons (Fsp3) is 0.0556. The lowest BCUT2D eigenvalue weighted by Gasteiger charge is -1.96. The Morgan fingerprint density at radius 1 is 1.05 bits per heavy atom. The third-order valence-corrected chi connectivity index (χ3v) is 4.89. The second kappa shape index (κ2) is 4.64. The molecule has 4 rings (SSSR count). The van der Waals surface area contributed by atoms with Gasteiger partial charge in [-0.1, -0.05) is 42.1 Å². The van der Waals surface area contributed by atoms with E-state index in [-0.39, 0.29) is 5.78 Å². The number of para-hydroxylation sites is 1. The Bertz CT molecular complexity index is 904. The lowest BCUT2D eigenvalue weighted by molar-refractivity contribution is 0.104. The van der Waals surface area contributed by atoms with E-state index >= 15 is 0 Å². The predicted octanol–water partition coefficient (Wildman–Crippen LogP) is 4.81. The van der Waals surface area contributed by atoms with E-state index in [0.717, 1.165) is 37.5 Å². The summed E-state index contributed by atoms with van der Waals surface area (Å²) in [7, 11) is 0. The largest absolute Gasteiger partial charge is 0.358 e. The van der Waals surface area contributed by atoms with Gasteiger partial charge in [-0.3, -0.25) is 4.79 Å². The number of nitrogens with one attached hydrogen (secondary N) is 1. The molecule has 0 fully saturated rings. The first-order valence-corrected chi connectivity index (χ1v) is 7.66. The van der Waals surface area contributed by atoms with Crippen LogP contribution in [0.1, 0.15) is 21.6 Å². The number of hydrogen-bond acceptors (Lipinski definition) is 2. The van der Waals surface area contributed by atoms with Crippen molar-refractivity contribution in [2.45, 2.75) is 11.8 Å². The van der Waals surface area contributed by atoms with Crippen molar-refractivity contribution in [2.75, 3.05) is 0 Å². The molecular formula is C18H13NOS. The van der Waals surface area contributed by atoms with Crippen molar-refractivity contribution in [1.82, 2.24) is 4.98 Å². The molecule has 1 aliphatic heterocycles. The molecular weight excluding hydrogens is 278 g/mol. The molecule has 0 saturated heterocycles. The van der Waals surface area contributed by atoms with Crippen molar-refractivity contribution in [3.05, 3.63) is 70.3 Å². The number of benzene rings is 2. The first-order chi connectivity index (χ1) is 10.2. The third kappa shape index (κ3) is 1.93. The molecule has 21 heavy (non-hydrogen) atoms. The van der Waals surface area contributed by atoms with Gasteiger partial charge in [0.1, 0.15) is 0 Å². The maximum Gasteiger partial charge on any atom is 0.200 e. The fourth-order valence-electron chi connectivity index (χ4n) is 2.75. The fourth-order valence-corrected chi connectivity index (χ4v) is 3.78. The van der Waals surface area contributed by atoms with Crippen LogP contribution >= 0.6 is 11.8 Å². The SMILES string of the molecule is Cc1[nH]c2ccccc2c1C=C1Sc2ccccc2C1=O. The minimum Gasteiger partial charge on any atom is -0.358 e. The molecule has 102 valence electrons. The van der Waals surface area contributed by atoms with Gasteiger partial charge in [0.15, 0.2) is 0 Å². The molecule has 2 nitrogen and oxygen atoms in total. The van der Waals surface area contributed by atoms with Crippen molar-refractivity contribution in [3.63, 3.8) is 0 Å². The summed E-state index contributed by atoms with van der Waals surface area (Å²) in [6.45, 7) is 2.05. The summed E-state index contributed by atoms with van der Waals surface area (Å²) >= 11 is 1.56. The summed E-state index contributed by atoms with van der Waals surface area (Å²) in [4.78, 5) is 17.7. The minimum absolute atomic E-state index is 0.125. The summed E-state index contributed by atoms with van der Waals surface area (Å²) in [6, 6.07) is 16.0. The Morgan fingerprint density at radius 3 is 2.67 bits per heavy atom. The molecule has 1 aromatic heterocycles. The van der Waals surface area contributed by atoms with E-state index in [4.69, 9.17) is 0 Å². The van der Waals surface area contributed by atoms with E-state index in [0.29, 0.717) is 0 Å². The highest BCUT2D eigenvalue weighted by Gasteiger charge is 2.25. The van der Waals surface area contributed by atoms with Gasteiger partial charge in [-0.05, 0) is 31.2 Å². The number of carbonyl (C=O) groups is 1. The van der Waals surface area contributed by atoms with Crippen molar-refractivity contribution < 1.29 is 4.79 Å². The zero-order chi connectivity index (χ0) is 14.4. The van der Waals surface area contributed by atoms with Crippen LogP contribution in [-0.4, -0.2) is 10.8 Å². The van der Waals surface area contributed by atoms with Crippen LogP contribution in [0, 0.1) is 6.92 Å². The van der Waals surface area contributed by atoms with Crippen LogP contribution in [0.5, 0.6) is 0 Å². The second-order valence-electron chi connectivity index (χ2n) is 5.15. The summed E-state index contributed by atoms with van der Waals surface area (Å²) < 4.78 is 0. The molecule has 0 spiro atoms. The zero-order valence-electron chi connectivity index (χ0n) is 11.5. The van der Waals surface area contributed by atoms with Crippen LogP contribution in [0.2, 0.25) is 0 Å². The molecule has 0 radical (unpaired) electrons. The standard InChI is InChI=1S/C18H13NOS/c1-11-14(12-6-2-4-8-15(12)19-11)10-17-18(20)13-7-3-5-9-16(13)21-17/h2-10,19H,1H3. The molecule has 0 unspecified atom stereocenters. The smallest absolute Gasteiger partial charge is 0.200 e. The first-order valence-electron chi connectivity index (χ1n) is 6.84. The van der Waals surface area contributed by atoms with Crippen LogP contribution < -0.4 is 0 Å². The third-order valence-electron chi connectivity index (χ3n) is 3.79. The molecule has 3 aromatic rings. The molecule has 0 amide bonds. The summed E-state index contributed by atoms with van der Waals surface area (Å²) in [5.41, 5.74) is 4.11. The Kier molecular flexibility index (Phi) is 2.76. The highest BCUT2D eigenvalue weighted by atomic mass is 32.2. The number of carbonyl (C=O) groups excluding carboxylic acids is 1. The van der Waals surface area contributed by atoms with Gasteiger partial charge in [0.25, 0.3) is 0 Å². The molecule has 1 aliphatic rings. The maximum atomic E-state index is 12.5. The number of thioether (sulfide) groups is 1. The van der Waals surface area contributed by atoms with Crippen LogP contribution in [0.3, 0.4) is 0 Å². The van der Waals surface area contributed by atoms with Crippen molar-refractivity contribution >= 4 is 34.5 Å². The van der Waals surface area contributed by atoms with E-state index in [1.807, 2.05) is 49.4 Å². The number of aromatic amines is 1. The number of ketones is 1. The number of H-pyrrole nitrogens is 1. The minimum atomic E-state index is 0.125. The number of rotatable bonds is 1. The number of allylic oxidation sites excluding steroid dienone is 1. The van der Waals surface area contributed by atoms with Gasteiger partial charge >= 0.3 is 0 Å². The van der Waals surface area contributed by atoms with E-state index in [9.17, 15) is 4.79 Å². The monoisotopic (exact) mass is 291 g/mol. The Balaban J connectivity index is 1.86. The average molecular weight is 291 g/mol. The topological polar surface area (TPSA) is 32.9 Å². The van der Waals surface area contributed by atoms with Crippen molar-refractivity contribution in [2.24, 2.45) is 0 Å². The molecule has 3 heteroatoms. The van der Waals surface area contributed by atoms with Crippen LogP contribution in [0.4, 0.5) is 0 Å². The molecule has 0 bridgehead atoms. The lowest BCUT2D eigenvalue weighted by Crippen LogP contribution is -1.93. The Hall–Kier alpha value is -2.26. The van der Waals surface area contributed by atoms with Gasteiger partial charge in [0.2, 0.25) is 5.78 Å². The molecule has 0 atom stereocenters. The summed E-state index contributed by atoms with van der Waals surface area (Å²) in [5, 5.41) is 1.16. The zero-order valence-corrected chi connectivity index (χ0v) is 12.3. The Labute approximate surface area is 126 Å². The maximum absolute atomic E-state index is 12.5. The number of aromatic nitrogens is 1. The first kappa shape index (κ1) is 12.5. The van der Waals surface area contributed by atoms with Crippen molar-refractivity contribution in [1.29, 1.82) is 0 Å². The number of hydrogen-bond donors (Lipinski definition) is 1. The van der Waals surface area contributed by atoms with Crippen LogP contribution in [0.15, 0.2) is 58.3 Å². The summed E-state index contributed by atoms with van der Waals surface area (Å²) in [6.07, 6.45) is 2.02. The van der Waals surface area contributed by atoms with E-state index in [1.54, 1.807) is 11.8 Å². The van der Waals surface area contributed by atoms with E-state index in [1.165, 1.54) is 0 Å².